The minimum atomic E-state index is -1.26. The Kier molecular flexibility index (Phi) is 4.16. The molecule has 0 bridgehead atoms. The molecular weight excluding hydrogens is 265 g/mol. The monoisotopic (exact) mass is 279 g/mol. The second-order valence-corrected chi connectivity index (χ2v) is 5.45. The molecule has 19 heavy (non-hydrogen) atoms. The third kappa shape index (κ3) is 3.32. The van der Waals surface area contributed by atoms with Gasteiger partial charge in [0.2, 0.25) is 0 Å². The van der Waals surface area contributed by atoms with Crippen molar-refractivity contribution in [2.45, 2.75) is 10.6 Å². The van der Waals surface area contributed by atoms with Crippen molar-refractivity contribution >= 4 is 16.5 Å². The van der Waals surface area contributed by atoms with E-state index in [1.165, 1.54) is 19.2 Å². The molecule has 0 aliphatic rings. The fourth-order valence-electron chi connectivity index (χ4n) is 1.68. The van der Waals surface area contributed by atoms with Crippen LogP contribution in [0.4, 0.5) is 10.1 Å². The summed E-state index contributed by atoms with van der Waals surface area (Å²) in [4.78, 5) is 0.584. The molecule has 1 atom stereocenters. The van der Waals surface area contributed by atoms with E-state index in [9.17, 15) is 8.60 Å². The average molecular weight is 279 g/mol. The molecular formula is C14H14FNO2S. The van der Waals surface area contributed by atoms with Crippen LogP contribution in [0.1, 0.15) is 5.56 Å². The molecule has 5 heteroatoms. The second-order valence-electron chi connectivity index (χ2n) is 4.03. The lowest BCUT2D eigenvalue weighted by Gasteiger charge is -2.09. The first-order valence-corrected chi connectivity index (χ1v) is 6.98. The smallest absolute Gasteiger partial charge is 0.137 e. The van der Waals surface area contributed by atoms with E-state index in [1.807, 2.05) is 0 Å². The van der Waals surface area contributed by atoms with Gasteiger partial charge >= 0.3 is 0 Å². The number of anilines is 1. The van der Waals surface area contributed by atoms with Crippen LogP contribution in [0.3, 0.4) is 0 Å². The second kappa shape index (κ2) is 5.84. The number of benzene rings is 2. The quantitative estimate of drug-likeness (QED) is 0.875. The maximum Gasteiger partial charge on any atom is 0.137 e. The Bertz CT molecular complexity index is 599. The van der Waals surface area contributed by atoms with Crippen molar-refractivity contribution in [2.75, 3.05) is 12.8 Å². The molecule has 0 heterocycles. The summed E-state index contributed by atoms with van der Waals surface area (Å²) in [5.41, 5.74) is 7.01. The van der Waals surface area contributed by atoms with Crippen LogP contribution in [-0.4, -0.2) is 11.3 Å². The van der Waals surface area contributed by atoms with Crippen molar-refractivity contribution in [2.24, 2.45) is 0 Å². The van der Waals surface area contributed by atoms with Crippen LogP contribution >= 0.6 is 0 Å². The molecule has 3 nitrogen and oxygen atoms in total. The van der Waals surface area contributed by atoms with Gasteiger partial charge in [0, 0.05) is 11.8 Å². The molecule has 0 saturated carbocycles. The molecule has 2 rings (SSSR count). The predicted molar refractivity (Wildman–Crippen MR) is 73.9 cm³/mol. The van der Waals surface area contributed by atoms with Crippen molar-refractivity contribution < 1.29 is 13.3 Å². The van der Waals surface area contributed by atoms with Crippen molar-refractivity contribution in [3.8, 4) is 5.75 Å². The zero-order chi connectivity index (χ0) is 13.8. The Balaban J connectivity index is 2.22. The molecule has 0 saturated heterocycles. The van der Waals surface area contributed by atoms with Gasteiger partial charge in [-0.25, -0.2) is 4.39 Å². The first-order chi connectivity index (χ1) is 9.10. The van der Waals surface area contributed by atoms with E-state index < -0.39 is 10.8 Å². The SMILES string of the molecule is COc1cc(N)ccc1S(=O)Cc1ccc(F)cc1. The highest BCUT2D eigenvalue weighted by Crippen LogP contribution is 2.26. The van der Waals surface area contributed by atoms with Crippen molar-refractivity contribution in [1.29, 1.82) is 0 Å². The molecule has 2 N–H and O–H groups in total. The molecule has 0 amide bonds. The number of hydrogen-bond donors (Lipinski definition) is 1. The summed E-state index contributed by atoms with van der Waals surface area (Å²) in [5.74, 6) is 0.501. The van der Waals surface area contributed by atoms with Crippen LogP contribution in [0.5, 0.6) is 5.75 Å². The number of hydrogen-bond acceptors (Lipinski definition) is 3. The van der Waals surface area contributed by atoms with Crippen LogP contribution in [-0.2, 0) is 16.6 Å². The van der Waals surface area contributed by atoms with Crippen LogP contribution in [0.2, 0.25) is 0 Å². The normalized spacial score (nSPS) is 12.1. The highest BCUT2D eigenvalue weighted by Gasteiger charge is 2.11. The molecule has 2 aromatic carbocycles. The van der Waals surface area contributed by atoms with Gasteiger partial charge in [-0.2, -0.15) is 0 Å². The Morgan fingerprint density at radius 3 is 2.53 bits per heavy atom. The minimum absolute atomic E-state index is 0.306. The van der Waals surface area contributed by atoms with Gasteiger partial charge in [0.15, 0.2) is 0 Å². The molecule has 0 fully saturated rings. The summed E-state index contributed by atoms with van der Waals surface area (Å²) in [5, 5.41) is 0. The van der Waals surface area contributed by atoms with Gasteiger partial charge < -0.3 is 10.5 Å². The largest absolute Gasteiger partial charge is 0.495 e. The van der Waals surface area contributed by atoms with Gasteiger partial charge in [-0.15, -0.1) is 0 Å². The Morgan fingerprint density at radius 2 is 1.89 bits per heavy atom. The minimum Gasteiger partial charge on any atom is -0.495 e. The maximum atomic E-state index is 12.8. The van der Waals surface area contributed by atoms with Gasteiger partial charge in [-0.05, 0) is 29.8 Å². The van der Waals surface area contributed by atoms with Crippen molar-refractivity contribution in [3.63, 3.8) is 0 Å². The Hall–Kier alpha value is -1.88. The molecule has 100 valence electrons. The van der Waals surface area contributed by atoms with Crippen LogP contribution < -0.4 is 10.5 Å². The van der Waals surface area contributed by atoms with E-state index in [4.69, 9.17) is 10.5 Å². The number of nitrogens with two attached hydrogens (primary N) is 1. The highest BCUT2D eigenvalue weighted by molar-refractivity contribution is 7.84. The number of ether oxygens (including phenoxy) is 1. The van der Waals surface area contributed by atoms with Gasteiger partial charge in [0.05, 0.1) is 28.6 Å². The molecule has 2 aromatic rings. The zero-order valence-corrected chi connectivity index (χ0v) is 11.2. The Labute approximate surface area is 113 Å². The molecule has 0 radical (unpaired) electrons. The van der Waals surface area contributed by atoms with E-state index in [2.05, 4.69) is 0 Å². The van der Waals surface area contributed by atoms with Crippen molar-refractivity contribution in [3.05, 3.63) is 53.8 Å². The van der Waals surface area contributed by atoms with Crippen molar-refractivity contribution in [1.82, 2.24) is 0 Å². The molecule has 0 aliphatic carbocycles. The van der Waals surface area contributed by atoms with E-state index in [1.54, 1.807) is 30.3 Å². The van der Waals surface area contributed by atoms with Crippen LogP contribution in [0.25, 0.3) is 0 Å². The van der Waals surface area contributed by atoms with Gasteiger partial charge in [0.1, 0.15) is 11.6 Å². The van der Waals surface area contributed by atoms with Crippen LogP contribution in [0, 0.1) is 5.82 Å². The summed E-state index contributed by atoms with van der Waals surface area (Å²) >= 11 is 0. The molecule has 0 spiro atoms. The lowest BCUT2D eigenvalue weighted by Crippen LogP contribution is -2.00. The summed E-state index contributed by atoms with van der Waals surface area (Å²) < 4.78 is 30.3. The lowest BCUT2D eigenvalue weighted by molar-refractivity contribution is 0.404. The average Bonchev–Trinajstić information content (AvgIpc) is 2.41. The fraction of sp³-hybridized carbons (Fsp3) is 0.143. The first kappa shape index (κ1) is 13.5. The first-order valence-electron chi connectivity index (χ1n) is 5.66. The standard InChI is InChI=1S/C14H14FNO2S/c1-18-13-8-12(16)6-7-14(13)19(17)9-10-2-4-11(15)5-3-10/h2-8H,9,16H2,1H3. The van der Waals surface area contributed by atoms with E-state index >= 15 is 0 Å². The summed E-state index contributed by atoms with van der Waals surface area (Å²) in [6.45, 7) is 0. The highest BCUT2D eigenvalue weighted by atomic mass is 32.2. The topological polar surface area (TPSA) is 52.3 Å². The number of nitrogen functional groups attached to an aromatic ring is 1. The number of halogens is 1. The molecule has 0 aromatic heterocycles. The molecule has 1 unspecified atom stereocenters. The van der Waals surface area contributed by atoms with E-state index in [-0.39, 0.29) is 5.82 Å². The lowest BCUT2D eigenvalue weighted by atomic mass is 10.2. The predicted octanol–water partition coefficient (Wildman–Crippen LogP) is 2.72. The third-order valence-electron chi connectivity index (χ3n) is 2.64. The number of methoxy groups -OCH3 is 1. The zero-order valence-electron chi connectivity index (χ0n) is 10.4. The third-order valence-corrected chi connectivity index (χ3v) is 4.07. The summed E-state index contributed by atoms with van der Waals surface area (Å²) in [7, 11) is 0.244. The van der Waals surface area contributed by atoms with E-state index in [0.717, 1.165) is 5.56 Å². The summed E-state index contributed by atoms with van der Waals surface area (Å²) in [6, 6.07) is 11.0. The van der Waals surface area contributed by atoms with Gasteiger partial charge in [-0.1, -0.05) is 12.1 Å². The van der Waals surface area contributed by atoms with Gasteiger partial charge in [0.25, 0.3) is 0 Å². The maximum absolute atomic E-state index is 12.8. The van der Waals surface area contributed by atoms with Crippen LogP contribution in [0.15, 0.2) is 47.4 Å². The number of rotatable bonds is 4. The Morgan fingerprint density at radius 1 is 1.21 bits per heavy atom. The van der Waals surface area contributed by atoms with Gasteiger partial charge in [-0.3, -0.25) is 4.21 Å². The van der Waals surface area contributed by atoms with E-state index in [0.29, 0.717) is 22.1 Å². The summed E-state index contributed by atoms with van der Waals surface area (Å²) in [6.07, 6.45) is 0. The molecule has 0 aliphatic heterocycles. The fourth-order valence-corrected chi connectivity index (χ4v) is 2.92.